The van der Waals surface area contributed by atoms with Crippen LogP contribution >= 0.6 is 0 Å². The molecule has 0 bridgehead atoms. The lowest BCUT2D eigenvalue weighted by Crippen LogP contribution is -2.18. The quantitative estimate of drug-likeness (QED) is 0.788. The van der Waals surface area contributed by atoms with Crippen LogP contribution in [0.5, 0.6) is 0 Å². The highest BCUT2D eigenvalue weighted by Crippen LogP contribution is 2.20. The van der Waals surface area contributed by atoms with E-state index in [-0.39, 0.29) is 0 Å². The zero-order valence-corrected chi connectivity index (χ0v) is 10.7. The molecule has 1 N–H and O–H groups in total. The monoisotopic (exact) mass is 237 g/mol. The highest BCUT2D eigenvalue weighted by molar-refractivity contribution is 4.97. The number of hydrogen-bond acceptors (Lipinski definition) is 3. The first-order valence-electron chi connectivity index (χ1n) is 6.71. The van der Waals surface area contributed by atoms with E-state index in [1.807, 2.05) is 12.5 Å². The maximum absolute atomic E-state index is 5.87. The predicted octanol–water partition coefficient (Wildman–Crippen LogP) is 1.95. The molecule has 1 fully saturated rings. The lowest BCUT2D eigenvalue weighted by atomic mass is 10.3. The van der Waals surface area contributed by atoms with Gasteiger partial charge in [0.25, 0.3) is 0 Å². The smallest absolute Gasteiger partial charge is 0.0949 e. The number of hydrogen-bond donors (Lipinski definition) is 1. The zero-order chi connectivity index (χ0) is 11.9. The Balaban J connectivity index is 1.72. The summed E-state index contributed by atoms with van der Waals surface area (Å²) >= 11 is 0. The fourth-order valence-electron chi connectivity index (χ4n) is 2.32. The van der Waals surface area contributed by atoms with Gasteiger partial charge < -0.3 is 14.6 Å². The second-order valence-corrected chi connectivity index (χ2v) is 4.64. The minimum absolute atomic E-state index is 0.510. The van der Waals surface area contributed by atoms with E-state index < -0.39 is 0 Å². The summed E-state index contributed by atoms with van der Waals surface area (Å²) in [6.07, 6.45) is 9.49. The molecule has 0 saturated heterocycles. The van der Waals surface area contributed by atoms with Crippen LogP contribution in [-0.2, 0) is 17.8 Å². The average Bonchev–Trinajstić information content (AvgIpc) is 2.98. The summed E-state index contributed by atoms with van der Waals surface area (Å²) in [5.41, 5.74) is 1.24. The number of rotatable bonds is 7. The van der Waals surface area contributed by atoms with Crippen molar-refractivity contribution in [2.45, 2.75) is 51.8 Å². The largest absolute Gasteiger partial charge is 0.376 e. The standard InChI is InChI=1S/C13H23N3O/c1-2-14-9-12-10-15-11-16(12)7-8-17-13-5-3-4-6-13/h10-11,13-14H,2-9H2,1H3. The summed E-state index contributed by atoms with van der Waals surface area (Å²) in [5.74, 6) is 0. The van der Waals surface area contributed by atoms with Gasteiger partial charge in [-0.3, -0.25) is 0 Å². The fourth-order valence-corrected chi connectivity index (χ4v) is 2.32. The number of nitrogens with zero attached hydrogens (tertiary/aromatic N) is 2. The summed E-state index contributed by atoms with van der Waals surface area (Å²) in [5, 5.41) is 3.32. The lowest BCUT2D eigenvalue weighted by Gasteiger charge is -2.13. The van der Waals surface area contributed by atoms with Gasteiger partial charge in [0, 0.05) is 19.3 Å². The van der Waals surface area contributed by atoms with Crippen molar-refractivity contribution in [3.05, 3.63) is 18.2 Å². The first kappa shape index (κ1) is 12.6. The molecule has 2 rings (SSSR count). The Bertz CT molecular complexity index is 318. The van der Waals surface area contributed by atoms with E-state index in [0.29, 0.717) is 6.10 Å². The van der Waals surface area contributed by atoms with E-state index in [9.17, 15) is 0 Å². The SMILES string of the molecule is CCNCc1cncn1CCOC1CCCC1. The van der Waals surface area contributed by atoms with Crippen LogP contribution in [0.4, 0.5) is 0 Å². The summed E-state index contributed by atoms with van der Waals surface area (Å²) in [7, 11) is 0. The summed E-state index contributed by atoms with van der Waals surface area (Å²) in [6, 6.07) is 0. The summed E-state index contributed by atoms with van der Waals surface area (Å²) in [4.78, 5) is 4.19. The fraction of sp³-hybridized carbons (Fsp3) is 0.769. The van der Waals surface area contributed by atoms with Gasteiger partial charge in [0.1, 0.15) is 0 Å². The molecule has 1 aliphatic rings. The Morgan fingerprint density at radius 2 is 2.29 bits per heavy atom. The molecule has 0 amide bonds. The van der Waals surface area contributed by atoms with Crippen molar-refractivity contribution < 1.29 is 4.74 Å². The molecule has 0 unspecified atom stereocenters. The van der Waals surface area contributed by atoms with Gasteiger partial charge in [-0.1, -0.05) is 19.8 Å². The minimum atomic E-state index is 0.510. The molecule has 0 radical (unpaired) electrons. The van der Waals surface area contributed by atoms with E-state index in [0.717, 1.165) is 26.2 Å². The van der Waals surface area contributed by atoms with E-state index in [2.05, 4.69) is 21.8 Å². The van der Waals surface area contributed by atoms with Gasteiger partial charge in [0.05, 0.1) is 24.7 Å². The van der Waals surface area contributed by atoms with Crippen molar-refractivity contribution in [2.75, 3.05) is 13.2 Å². The van der Waals surface area contributed by atoms with Gasteiger partial charge in [0.2, 0.25) is 0 Å². The van der Waals surface area contributed by atoms with Gasteiger partial charge in [0.15, 0.2) is 0 Å². The predicted molar refractivity (Wildman–Crippen MR) is 67.8 cm³/mol. The molecule has 17 heavy (non-hydrogen) atoms. The molecule has 4 nitrogen and oxygen atoms in total. The van der Waals surface area contributed by atoms with E-state index >= 15 is 0 Å². The Hall–Kier alpha value is -0.870. The van der Waals surface area contributed by atoms with E-state index in [1.165, 1.54) is 31.4 Å². The first-order chi connectivity index (χ1) is 8.40. The van der Waals surface area contributed by atoms with Crippen molar-refractivity contribution >= 4 is 0 Å². The highest BCUT2D eigenvalue weighted by Gasteiger charge is 2.14. The van der Waals surface area contributed by atoms with Crippen molar-refractivity contribution in [1.82, 2.24) is 14.9 Å². The molecule has 4 heteroatoms. The number of imidazole rings is 1. The second kappa shape index (κ2) is 6.77. The highest BCUT2D eigenvalue weighted by atomic mass is 16.5. The Morgan fingerprint density at radius 1 is 1.47 bits per heavy atom. The molecule has 1 aromatic heterocycles. The normalized spacial score (nSPS) is 16.8. The maximum atomic E-state index is 5.87. The van der Waals surface area contributed by atoms with Crippen molar-refractivity contribution in [3.8, 4) is 0 Å². The van der Waals surface area contributed by atoms with Crippen LogP contribution in [0.15, 0.2) is 12.5 Å². The summed E-state index contributed by atoms with van der Waals surface area (Å²) < 4.78 is 8.04. The zero-order valence-electron chi connectivity index (χ0n) is 10.7. The average molecular weight is 237 g/mol. The van der Waals surface area contributed by atoms with E-state index in [4.69, 9.17) is 4.74 Å². The van der Waals surface area contributed by atoms with Crippen LogP contribution in [0.25, 0.3) is 0 Å². The van der Waals surface area contributed by atoms with Crippen molar-refractivity contribution in [3.63, 3.8) is 0 Å². The van der Waals surface area contributed by atoms with Crippen LogP contribution in [0, 0.1) is 0 Å². The van der Waals surface area contributed by atoms with Crippen LogP contribution in [-0.4, -0.2) is 28.8 Å². The molecule has 0 aliphatic heterocycles. The first-order valence-corrected chi connectivity index (χ1v) is 6.71. The molecular formula is C13H23N3O. The number of aromatic nitrogens is 2. The second-order valence-electron chi connectivity index (χ2n) is 4.64. The molecular weight excluding hydrogens is 214 g/mol. The van der Waals surface area contributed by atoms with Gasteiger partial charge in [-0.2, -0.15) is 0 Å². The van der Waals surface area contributed by atoms with Crippen molar-refractivity contribution in [1.29, 1.82) is 0 Å². The van der Waals surface area contributed by atoms with Gasteiger partial charge >= 0.3 is 0 Å². The van der Waals surface area contributed by atoms with Crippen molar-refractivity contribution in [2.24, 2.45) is 0 Å². The molecule has 96 valence electrons. The molecule has 1 aliphatic carbocycles. The Kier molecular flexibility index (Phi) is 5.01. The molecule has 0 atom stereocenters. The molecule has 1 aromatic rings. The van der Waals surface area contributed by atoms with Crippen LogP contribution < -0.4 is 5.32 Å². The third-order valence-electron chi connectivity index (χ3n) is 3.34. The third kappa shape index (κ3) is 3.82. The van der Waals surface area contributed by atoms with Crippen LogP contribution in [0.3, 0.4) is 0 Å². The summed E-state index contributed by atoms with van der Waals surface area (Å²) in [6.45, 7) is 5.71. The molecule has 1 saturated carbocycles. The van der Waals surface area contributed by atoms with Crippen LogP contribution in [0.1, 0.15) is 38.3 Å². The maximum Gasteiger partial charge on any atom is 0.0949 e. The third-order valence-corrected chi connectivity index (χ3v) is 3.34. The van der Waals surface area contributed by atoms with Gasteiger partial charge in [-0.05, 0) is 19.4 Å². The Morgan fingerprint density at radius 3 is 3.06 bits per heavy atom. The van der Waals surface area contributed by atoms with E-state index in [1.54, 1.807) is 0 Å². The molecule has 1 heterocycles. The molecule has 0 aromatic carbocycles. The van der Waals surface area contributed by atoms with Crippen LogP contribution in [0.2, 0.25) is 0 Å². The Labute approximate surface area is 103 Å². The van der Waals surface area contributed by atoms with Gasteiger partial charge in [-0.15, -0.1) is 0 Å². The van der Waals surface area contributed by atoms with Gasteiger partial charge in [-0.25, -0.2) is 4.98 Å². The topological polar surface area (TPSA) is 39.1 Å². The minimum Gasteiger partial charge on any atom is -0.376 e. The lowest BCUT2D eigenvalue weighted by molar-refractivity contribution is 0.0526. The number of nitrogens with one attached hydrogen (secondary N) is 1. The number of ether oxygens (including phenoxy) is 1. The molecule has 0 spiro atoms.